The zero-order valence-corrected chi connectivity index (χ0v) is 11.3. The molecule has 0 bridgehead atoms. The molecule has 0 aliphatic rings. The van der Waals surface area contributed by atoms with Gasteiger partial charge < -0.3 is 5.32 Å². The van der Waals surface area contributed by atoms with Gasteiger partial charge in [0.2, 0.25) is 0 Å². The van der Waals surface area contributed by atoms with Crippen molar-refractivity contribution >= 4 is 11.5 Å². The quantitative estimate of drug-likeness (QED) is 0.903. The van der Waals surface area contributed by atoms with Crippen LogP contribution in [0.15, 0.2) is 24.4 Å². The molecule has 1 aromatic heterocycles. The predicted molar refractivity (Wildman–Crippen MR) is 71.2 cm³/mol. The molecule has 0 radical (unpaired) electrons. The predicted octanol–water partition coefficient (Wildman–Crippen LogP) is 2.88. The molecule has 3 nitrogen and oxygen atoms in total. The van der Waals surface area contributed by atoms with E-state index in [0.29, 0.717) is 0 Å². The minimum atomic E-state index is -0.187. The summed E-state index contributed by atoms with van der Waals surface area (Å²) in [5, 5.41) is 7.25. The van der Waals surface area contributed by atoms with E-state index in [2.05, 4.69) is 21.8 Å². The molecule has 0 fully saturated rings. The van der Waals surface area contributed by atoms with Crippen molar-refractivity contribution in [3.8, 4) is 0 Å². The van der Waals surface area contributed by atoms with Crippen LogP contribution in [0.1, 0.15) is 29.0 Å². The second-order valence-corrected chi connectivity index (χ2v) is 5.02. The van der Waals surface area contributed by atoms with Crippen LogP contribution >= 0.6 is 11.5 Å². The molecule has 0 saturated heterocycles. The van der Waals surface area contributed by atoms with E-state index in [4.69, 9.17) is 0 Å². The van der Waals surface area contributed by atoms with E-state index in [1.807, 2.05) is 13.0 Å². The zero-order chi connectivity index (χ0) is 13.0. The fraction of sp³-hybridized carbons (Fsp3) is 0.385. The number of aromatic nitrogens is 2. The monoisotopic (exact) mass is 265 g/mol. The Hall–Kier alpha value is -1.33. The summed E-state index contributed by atoms with van der Waals surface area (Å²) < 4.78 is 17.2. The Morgan fingerprint density at radius 2 is 2.28 bits per heavy atom. The molecule has 5 heteroatoms. The second kappa shape index (κ2) is 6.02. The first-order valence-electron chi connectivity index (χ1n) is 5.96. The van der Waals surface area contributed by atoms with Crippen LogP contribution in [0.5, 0.6) is 0 Å². The van der Waals surface area contributed by atoms with Crippen LogP contribution in [0.4, 0.5) is 4.39 Å². The van der Waals surface area contributed by atoms with Gasteiger partial charge in [-0.15, -0.1) is 5.10 Å². The molecule has 0 amide bonds. The summed E-state index contributed by atoms with van der Waals surface area (Å²) in [6, 6.07) is 5.07. The van der Waals surface area contributed by atoms with Crippen LogP contribution in [0, 0.1) is 12.7 Å². The summed E-state index contributed by atoms with van der Waals surface area (Å²) in [5.74, 6) is -0.187. The molecule has 0 aliphatic carbocycles. The normalized spacial score (nSPS) is 12.6. The molecule has 2 rings (SSSR count). The van der Waals surface area contributed by atoms with Crippen LogP contribution in [-0.4, -0.2) is 16.1 Å². The molecule has 96 valence electrons. The van der Waals surface area contributed by atoms with Gasteiger partial charge in [0.05, 0.1) is 11.1 Å². The summed E-state index contributed by atoms with van der Waals surface area (Å²) in [4.78, 5) is 1.08. The smallest absolute Gasteiger partial charge is 0.123 e. The topological polar surface area (TPSA) is 37.8 Å². The van der Waals surface area contributed by atoms with Gasteiger partial charge in [0.25, 0.3) is 0 Å². The number of benzene rings is 1. The Bertz CT molecular complexity index is 499. The summed E-state index contributed by atoms with van der Waals surface area (Å²) in [6.07, 6.45) is 2.52. The summed E-state index contributed by atoms with van der Waals surface area (Å²) in [5.41, 5.74) is 2.13. The third kappa shape index (κ3) is 3.11. The minimum absolute atomic E-state index is 0.149. The lowest BCUT2D eigenvalue weighted by Gasteiger charge is -2.16. The zero-order valence-electron chi connectivity index (χ0n) is 10.5. The number of nitrogens with one attached hydrogen (secondary N) is 1. The van der Waals surface area contributed by atoms with Gasteiger partial charge in [-0.3, -0.25) is 0 Å². The third-order valence-electron chi connectivity index (χ3n) is 2.91. The Balaban J connectivity index is 2.21. The molecule has 0 spiro atoms. The SMILES string of the molecule is CCNC(Cc1cc(F)ccc1C)c1cnns1. The van der Waals surface area contributed by atoms with E-state index in [0.717, 1.165) is 29.0 Å². The average Bonchev–Trinajstić information content (AvgIpc) is 2.87. The van der Waals surface area contributed by atoms with Crippen LogP contribution in [0.2, 0.25) is 0 Å². The lowest BCUT2D eigenvalue weighted by Crippen LogP contribution is -2.22. The van der Waals surface area contributed by atoms with Crippen LogP contribution in [-0.2, 0) is 6.42 Å². The van der Waals surface area contributed by atoms with E-state index in [1.54, 1.807) is 12.3 Å². The molecule has 18 heavy (non-hydrogen) atoms. The standard InChI is InChI=1S/C13H16FN3S/c1-3-15-12(13-8-16-17-18-13)7-10-6-11(14)5-4-9(10)2/h4-6,8,12,15H,3,7H2,1-2H3. The van der Waals surface area contributed by atoms with E-state index in [1.165, 1.54) is 17.6 Å². The van der Waals surface area contributed by atoms with Gasteiger partial charge in [-0.25, -0.2) is 4.39 Å². The van der Waals surface area contributed by atoms with Crippen molar-refractivity contribution in [2.75, 3.05) is 6.54 Å². The van der Waals surface area contributed by atoms with Crippen molar-refractivity contribution in [3.63, 3.8) is 0 Å². The highest BCUT2D eigenvalue weighted by Gasteiger charge is 2.15. The fourth-order valence-corrected chi connectivity index (χ4v) is 2.50. The van der Waals surface area contributed by atoms with Crippen molar-refractivity contribution in [2.24, 2.45) is 0 Å². The number of halogens is 1. The van der Waals surface area contributed by atoms with Gasteiger partial charge in [0.1, 0.15) is 5.82 Å². The molecule has 1 aromatic carbocycles. The van der Waals surface area contributed by atoms with E-state index in [9.17, 15) is 4.39 Å². The van der Waals surface area contributed by atoms with Gasteiger partial charge in [0, 0.05) is 6.04 Å². The molecule has 0 aliphatic heterocycles. The van der Waals surface area contributed by atoms with Crippen molar-refractivity contribution < 1.29 is 4.39 Å². The lowest BCUT2D eigenvalue weighted by molar-refractivity contribution is 0.552. The summed E-state index contributed by atoms with van der Waals surface area (Å²) in [7, 11) is 0. The molecule has 1 atom stereocenters. The maximum absolute atomic E-state index is 13.3. The number of aryl methyl sites for hydroxylation is 1. The van der Waals surface area contributed by atoms with Crippen molar-refractivity contribution in [2.45, 2.75) is 26.3 Å². The Labute approximate surface area is 110 Å². The Kier molecular flexibility index (Phi) is 4.38. The molecule has 0 saturated carbocycles. The second-order valence-electron chi connectivity index (χ2n) is 4.21. The largest absolute Gasteiger partial charge is 0.309 e. The molecule has 1 N–H and O–H groups in total. The van der Waals surface area contributed by atoms with Crippen LogP contribution in [0.3, 0.4) is 0 Å². The molecular formula is C13H16FN3S. The number of nitrogens with zero attached hydrogens (tertiary/aromatic N) is 2. The first-order chi connectivity index (χ1) is 8.70. The van der Waals surface area contributed by atoms with E-state index in [-0.39, 0.29) is 11.9 Å². The molecule has 2 aromatic rings. The van der Waals surface area contributed by atoms with Gasteiger partial charge in [-0.2, -0.15) is 0 Å². The number of hydrogen-bond acceptors (Lipinski definition) is 4. The van der Waals surface area contributed by atoms with Gasteiger partial charge in [-0.1, -0.05) is 17.5 Å². The minimum Gasteiger partial charge on any atom is -0.309 e. The number of rotatable bonds is 5. The highest BCUT2D eigenvalue weighted by Crippen LogP contribution is 2.22. The molecule has 1 unspecified atom stereocenters. The van der Waals surface area contributed by atoms with Crippen molar-refractivity contribution in [3.05, 3.63) is 46.2 Å². The third-order valence-corrected chi connectivity index (χ3v) is 3.68. The van der Waals surface area contributed by atoms with Gasteiger partial charge >= 0.3 is 0 Å². The van der Waals surface area contributed by atoms with Crippen molar-refractivity contribution in [1.29, 1.82) is 0 Å². The maximum atomic E-state index is 13.3. The maximum Gasteiger partial charge on any atom is 0.123 e. The lowest BCUT2D eigenvalue weighted by atomic mass is 10.0. The Morgan fingerprint density at radius 3 is 2.94 bits per heavy atom. The summed E-state index contributed by atoms with van der Waals surface area (Å²) in [6.45, 7) is 4.92. The number of hydrogen-bond donors (Lipinski definition) is 1. The van der Waals surface area contributed by atoms with E-state index < -0.39 is 0 Å². The first-order valence-corrected chi connectivity index (χ1v) is 6.73. The Morgan fingerprint density at radius 1 is 1.44 bits per heavy atom. The van der Waals surface area contributed by atoms with Crippen LogP contribution in [0.25, 0.3) is 0 Å². The molecule has 1 heterocycles. The van der Waals surface area contributed by atoms with Crippen molar-refractivity contribution in [1.82, 2.24) is 14.9 Å². The average molecular weight is 265 g/mol. The highest BCUT2D eigenvalue weighted by atomic mass is 32.1. The first kappa shape index (κ1) is 13.1. The van der Waals surface area contributed by atoms with Gasteiger partial charge in [-0.05, 0) is 54.7 Å². The number of likely N-dealkylation sites (N-methyl/N-ethyl adjacent to an activating group) is 1. The highest BCUT2D eigenvalue weighted by molar-refractivity contribution is 7.05. The van der Waals surface area contributed by atoms with E-state index >= 15 is 0 Å². The molecular weight excluding hydrogens is 249 g/mol. The fourth-order valence-electron chi connectivity index (χ4n) is 1.93. The van der Waals surface area contributed by atoms with Gasteiger partial charge in [0.15, 0.2) is 0 Å². The summed E-state index contributed by atoms with van der Waals surface area (Å²) >= 11 is 1.38. The van der Waals surface area contributed by atoms with Crippen LogP contribution < -0.4 is 5.32 Å².